The van der Waals surface area contributed by atoms with Gasteiger partial charge in [0.1, 0.15) is 5.60 Å². The molecule has 19 heavy (non-hydrogen) atoms. The Labute approximate surface area is 112 Å². The number of carbonyl (C=O) groups excluding carboxylic acids is 1. The SMILES string of the molecule is CC1=C2C(=C[C@@](C)(CO)C2O)C(=O)[C@@](C)(O)C12CC2. The first kappa shape index (κ1) is 13.0. The number of fused-ring (bicyclic) bond motifs is 1. The van der Waals surface area contributed by atoms with Gasteiger partial charge in [0.25, 0.3) is 0 Å². The Morgan fingerprint density at radius 1 is 1.37 bits per heavy atom. The lowest BCUT2D eigenvalue weighted by Gasteiger charge is -2.39. The number of ketones is 1. The molecule has 0 radical (unpaired) electrons. The number of hydrogen-bond donors (Lipinski definition) is 3. The first-order valence-electron chi connectivity index (χ1n) is 6.72. The highest BCUT2D eigenvalue weighted by atomic mass is 16.3. The Bertz CT molecular complexity index is 536. The van der Waals surface area contributed by atoms with Crippen molar-refractivity contribution in [3.8, 4) is 0 Å². The van der Waals surface area contributed by atoms with E-state index in [1.54, 1.807) is 19.9 Å². The van der Waals surface area contributed by atoms with Crippen LogP contribution in [-0.4, -0.2) is 39.4 Å². The standard InChI is InChI=1S/C15H20O4/c1-8-10-9(6-13(2,7-16)12(10)18)11(17)14(3,19)15(8)4-5-15/h6,12,16,18-19H,4-5,7H2,1-3H3/t12?,13-,14+/m0/s1. The van der Waals surface area contributed by atoms with E-state index in [2.05, 4.69) is 0 Å². The van der Waals surface area contributed by atoms with Gasteiger partial charge in [-0.05, 0) is 32.3 Å². The van der Waals surface area contributed by atoms with Gasteiger partial charge < -0.3 is 15.3 Å². The summed E-state index contributed by atoms with van der Waals surface area (Å²) in [6, 6.07) is 0. The fourth-order valence-electron chi connectivity index (χ4n) is 3.78. The van der Waals surface area contributed by atoms with Crippen molar-refractivity contribution in [2.24, 2.45) is 10.8 Å². The third kappa shape index (κ3) is 1.27. The second kappa shape index (κ2) is 3.37. The molecule has 0 amide bonds. The van der Waals surface area contributed by atoms with Gasteiger partial charge in [-0.25, -0.2) is 0 Å². The maximum atomic E-state index is 12.5. The largest absolute Gasteiger partial charge is 0.395 e. The van der Waals surface area contributed by atoms with Gasteiger partial charge in [0, 0.05) is 16.4 Å². The van der Waals surface area contributed by atoms with Crippen LogP contribution in [0.25, 0.3) is 0 Å². The molecule has 0 bridgehead atoms. The molecule has 4 heteroatoms. The van der Waals surface area contributed by atoms with Crippen LogP contribution in [0.15, 0.2) is 22.8 Å². The maximum Gasteiger partial charge on any atom is 0.195 e. The molecule has 3 N–H and O–H groups in total. The van der Waals surface area contributed by atoms with Gasteiger partial charge in [-0.1, -0.05) is 18.6 Å². The zero-order valence-electron chi connectivity index (χ0n) is 11.5. The second-order valence-corrected chi connectivity index (χ2v) is 6.65. The Kier molecular flexibility index (Phi) is 2.31. The van der Waals surface area contributed by atoms with Crippen molar-refractivity contribution in [1.29, 1.82) is 0 Å². The van der Waals surface area contributed by atoms with E-state index in [4.69, 9.17) is 0 Å². The number of Topliss-reactive ketones (excluding diaryl/α,β-unsaturated/α-hetero) is 1. The highest BCUT2D eigenvalue weighted by Gasteiger charge is 2.66. The molecule has 0 aromatic rings. The van der Waals surface area contributed by atoms with Crippen LogP contribution in [0.5, 0.6) is 0 Å². The van der Waals surface area contributed by atoms with Gasteiger partial charge in [-0.15, -0.1) is 0 Å². The highest BCUT2D eigenvalue weighted by Crippen LogP contribution is 2.65. The summed E-state index contributed by atoms with van der Waals surface area (Å²) in [5.41, 5.74) is -0.800. The molecule has 1 saturated carbocycles. The minimum Gasteiger partial charge on any atom is -0.395 e. The molecule has 1 fully saturated rings. The average molecular weight is 264 g/mol. The molecule has 0 aliphatic heterocycles. The van der Waals surface area contributed by atoms with Crippen molar-refractivity contribution >= 4 is 5.78 Å². The van der Waals surface area contributed by atoms with Gasteiger partial charge in [0.15, 0.2) is 5.78 Å². The molecule has 104 valence electrons. The molecule has 0 aromatic carbocycles. The number of carbonyl (C=O) groups is 1. The van der Waals surface area contributed by atoms with Crippen LogP contribution < -0.4 is 0 Å². The molecule has 1 unspecified atom stereocenters. The van der Waals surface area contributed by atoms with Gasteiger partial charge >= 0.3 is 0 Å². The number of aliphatic hydroxyl groups is 3. The molecule has 3 aliphatic carbocycles. The first-order chi connectivity index (χ1) is 8.71. The summed E-state index contributed by atoms with van der Waals surface area (Å²) >= 11 is 0. The van der Waals surface area contributed by atoms with E-state index >= 15 is 0 Å². The van der Waals surface area contributed by atoms with Crippen LogP contribution in [-0.2, 0) is 4.79 Å². The lowest BCUT2D eigenvalue weighted by atomic mass is 9.67. The van der Waals surface area contributed by atoms with Crippen LogP contribution in [0.4, 0.5) is 0 Å². The minimum atomic E-state index is -1.40. The summed E-state index contributed by atoms with van der Waals surface area (Å²) in [7, 11) is 0. The summed E-state index contributed by atoms with van der Waals surface area (Å²) in [5.74, 6) is -0.318. The third-order valence-electron chi connectivity index (χ3n) is 5.49. The molecule has 3 atom stereocenters. The van der Waals surface area contributed by atoms with Gasteiger partial charge in [0.2, 0.25) is 0 Å². The second-order valence-electron chi connectivity index (χ2n) is 6.65. The molecule has 0 heterocycles. The molecule has 0 aromatic heterocycles. The predicted octanol–water partition coefficient (Wildman–Crippen LogP) is 0.716. The normalized spacial score (nSPS) is 43.6. The average Bonchev–Trinajstić information content (AvgIpc) is 3.12. The van der Waals surface area contributed by atoms with E-state index in [-0.39, 0.29) is 12.4 Å². The number of rotatable bonds is 1. The predicted molar refractivity (Wildman–Crippen MR) is 69.3 cm³/mol. The first-order valence-corrected chi connectivity index (χ1v) is 6.72. The highest BCUT2D eigenvalue weighted by molar-refractivity contribution is 6.09. The summed E-state index contributed by atoms with van der Waals surface area (Å²) in [5, 5.41) is 30.6. The quantitative estimate of drug-likeness (QED) is 0.652. The van der Waals surface area contributed by atoms with E-state index in [0.717, 1.165) is 18.4 Å². The van der Waals surface area contributed by atoms with Crippen molar-refractivity contribution in [2.45, 2.75) is 45.3 Å². The lowest BCUT2D eigenvalue weighted by molar-refractivity contribution is -0.138. The monoisotopic (exact) mass is 264 g/mol. The third-order valence-corrected chi connectivity index (χ3v) is 5.49. The van der Waals surface area contributed by atoms with Gasteiger partial charge in [-0.3, -0.25) is 4.79 Å². The summed E-state index contributed by atoms with van der Waals surface area (Å²) in [4.78, 5) is 12.5. The zero-order valence-corrected chi connectivity index (χ0v) is 11.5. The van der Waals surface area contributed by atoms with E-state index in [9.17, 15) is 20.1 Å². The molecule has 0 saturated heterocycles. The lowest BCUT2D eigenvalue weighted by Crippen LogP contribution is -2.50. The van der Waals surface area contributed by atoms with Crippen LogP contribution in [0, 0.1) is 10.8 Å². The van der Waals surface area contributed by atoms with Crippen molar-refractivity contribution in [2.75, 3.05) is 6.61 Å². The molecular formula is C15H20O4. The van der Waals surface area contributed by atoms with E-state index in [0.29, 0.717) is 11.1 Å². The molecule has 3 rings (SSSR count). The Balaban J connectivity index is 2.25. The fourth-order valence-corrected chi connectivity index (χ4v) is 3.78. The molecule has 1 spiro atoms. The van der Waals surface area contributed by atoms with E-state index in [1.807, 2.05) is 6.92 Å². The Morgan fingerprint density at radius 3 is 2.42 bits per heavy atom. The summed E-state index contributed by atoms with van der Waals surface area (Å²) < 4.78 is 0. The van der Waals surface area contributed by atoms with E-state index < -0.39 is 22.5 Å². The topological polar surface area (TPSA) is 77.8 Å². The zero-order chi connectivity index (χ0) is 14.2. The smallest absolute Gasteiger partial charge is 0.195 e. The van der Waals surface area contributed by atoms with E-state index in [1.165, 1.54) is 0 Å². The number of aliphatic hydroxyl groups excluding tert-OH is 2. The van der Waals surface area contributed by atoms with Crippen LogP contribution >= 0.6 is 0 Å². The molecular weight excluding hydrogens is 244 g/mol. The van der Waals surface area contributed by atoms with Crippen LogP contribution in [0.1, 0.15) is 33.6 Å². The van der Waals surface area contributed by atoms with Gasteiger partial charge in [0.05, 0.1) is 12.7 Å². The van der Waals surface area contributed by atoms with Crippen LogP contribution in [0.2, 0.25) is 0 Å². The minimum absolute atomic E-state index is 0.225. The van der Waals surface area contributed by atoms with Gasteiger partial charge in [-0.2, -0.15) is 0 Å². The number of hydrogen-bond acceptors (Lipinski definition) is 4. The molecule has 4 nitrogen and oxygen atoms in total. The van der Waals surface area contributed by atoms with Crippen molar-refractivity contribution in [3.05, 3.63) is 22.8 Å². The summed E-state index contributed by atoms with van der Waals surface area (Å²) in [6.45, 7) is 4.97. The summed E-state index contributed by atoms with van der Waals surface area (Å²) in [6.07, 6.45) is 2.31. The van der Waals surface area contributed by atoms with Crippen molar-refractivity contribution in [1.82, 2.24) is 0 Å². The fraction of sp³-hybridized carbons (Fsp3) is 0.667. The van der Waals surface area contributed by atoms with Crippen LogP contribution in [0.3, 0.4) is 0 Å². The maximum absolute atomic E-state index is 12.5. The molecule has 3 aliphatic rings. The van der Waals surface area contributed by atoms with Crippen molar-refractivity contribution in [3.63, 3.8) is 0 Å². The van der Waals surface area contributed by atoms with Crippen molar-refractivity contribution < 1.29 is 20.1 Å². The Morgan fingerprint density at radius 2 is 1.95 bits per heavy atom. The Hall–Kier alpha value is -0.970.